The molecule has 1 aliphatic carbocycles. The Balaban J connectivity index is 2.26. The second-order valence-electron chi connectivity index (χ2n) is 2.75. The van der Waals surface area contributed by atoms with Gasteiger partial charge < -0.3 is 15.5 Å². The Bertz CT molecular complexity index is 184. The summed E-state index contributed by atoms with van der Waals surface area (Å²) in [4.78, 5) is 10.0. The zero-order valence-corrected chi connectivity index (χ0v) is 6.08. The Morgan fingerprint density at radius 1 is 1.64 bits per heavy atom. The van der Waals surface area contributed by atoms with Crippen molar-refractivity contribution in [2.75, 3.05) is 6.61 Å². The number of aliphatic hydroxyl groups excluding tert-OH is 1. The number of carbonyl (C=O) groups is 1. The topological polar surface area (TPSA) is 69.6 Å². The largest absolute Gasteiger partial charge is 0.478 e. The van der Waals surface area contributed by atoms with E-state index >= 15 is 0 Å². The zero-order chi connectivity index (χ0) is 8.32. The molecule has 0 heterocycles. The fraction of sp³-hybridized carbons (Fsp3) is 0.571. The molecular weight excluding hydrogens is 146 g/mol. The molecule has 0 aliphatic heterocycles. The second-order valence-corrected chi connectivity index (χ2v) is 2.75. The molecule has 3 N–H and O–H groups in total. The van der Waals surface area contributed by atoms with Gasteiger partial charge in [-0.1, -0.05) is 0 Å². The molecule has 4 heteroatoms. The highest BCUT2D eigenvalue weighted by Gasteiger charge is 2.40. The fourth-order valence-corrected chi connectivity index (χ4v) is 0.789. The lowest BCUT2D eigenvalue weighted by Crippen LogP contribution is -2.30. The van der Waals surface area contributed by atoms with E-state index in [-0.39, 0.29) is 12.1 Å². The molecule has 1 saturated carbocycles. The van der Waals surface area contributed by atoms with Gasteiger partial charge in [-0.15, -0.1) is 0 Å². The van der Waals surface area contributed by atoms with Gasteiger partial charge in [-0.3, -0.25) is 0 Å². The maximum Gasteiger partial charge on any atom is 0.329 e. The van der Waals surface area contributed by atoms with Gasteiger partial charge in [0.25, 0.3) is 0 Å². The number of carboxylic acid groups (broad SMARTS) is 1. The molecule has 11 heavy (non-hydrogen) atoms. The van der Waals surface area contributed by atoms with Gasteiger partial charge >= 0.3 is 5.97 Å². The highest BCUT2D eigenvalue weighted by molar-refractivity contribution is 5.79. The molecule has 1 rings (SSSR count). The maximum absolute atomic E-state index is 10.0. The minimum atomic E-state index is -0.980. The van der Waals surface area contributed by atoms with Gasteiger partial charge in [0.2, 0.25) is 0 Å². The van der Waals surface area contributed by atoms with Gasteiger partial charge in [-0.05, 0) is 12.8 Å². The van der Waals surface area contributed by atoms with E-state index in [1.807, 2.05) is 0 Å². The molecule has 0 spiro atoms. The van der Waals surface area contributed by atoms with Crippen molar-refractivity contribution in [1.29, 1.82) is 0 Å². The molecule has 1 aliphatic rings. The minimum absolute atomic E-state index is 0.0664. The standard InChI is InChI=1S/C7H11NO3/c9-5-7(2-3-7)8-4-1-6(10)11/h1,4,8-9H,2-3,5H2,(H,10,11)/b4-1+. The van der Waals surface area contributed by atoms with Crippen LogP contribution in [0.2, 0.25) is 0 Å². The van der Waals surface area contributed by atoms with E-state index in [0.29, 0.717) is 0 Å². The van der Waals surface area contributed by atoms with Crippen LogP contribution in [0.5, 0.6) is 0 Å². The second kappa shape index (κ2) is 2.92. The van der Waals surface area contributed by atoms with Gasteiger partial charge in [0, 0.05) is 12.3 Å². The smallest absolute Gasteiger partial charge is 0.329 e. The number of hydrogen-bond donors (Lipinski definition) is 3. The Morgan fingerprint density at radius 2 is 2.27 bits per heavy atom. The summed E-state index contributed by atoms with van der Waals surface area (Å²) in [6.45, 7) is 0.0664. The number of aliphatic hydroxyl groups is 1. The third-order valence-electron chi connectivity index (χ3n) is 1.77. The molecular formula is C7H11NO3. The lowest BCUT2D eigenvalue weighted by atomic mass is 10.3. The molecule has 0 aromatic carbocycles. The van der Waals surface area contributed by atoms with Crippen LogP contribution in [0.15, 0.2) is 12.3 Å². The molecule has 0 aromatic heterocycles. The van der Waals surface area contributed by atoms with Crippen LogP contribution in [0.4, 0.5) is 0 Å². The molecule has 0 radical (unpaired) electrons. The SMILES string of the molecule is O=C(O)/C=C/NC1(CO)CC1. The van der Waals surface area contributed by atoms with Crippen LogP contribution < -0.4 is 5.32 Å². The average Bonchev–Trinajstić information content (AvgIpc) is 2.69. The van der Waals surface area contributed by atoms with Crippen molar-refractivity contribution >= 4 is 5.97 Å². The quantitative estimate of drug-likeness (QED) is 0.490. The Hall–Kier alpha value is -1.03. The number of carboxylic acids is 1. The van der Waals surface area contributed by atoms with Crippen molar-refractivity contribution in [2.45, 2.75) is 18.4 Å². The molecule has 1 fully saturated rings. The summed E-state index contributed by atoms with van der Waals surface area (Å²) in [6.07, 6.45) is 4.21. The first-order valence-corrected chi connectivity index (χ1v) is 3.47. The van der Waals surface area contributed by atoms with Crippen molar-refractivity contribution in [1.82, 2.24) is 5.32 Å². The first kappa shape index (κ1) is 8.07. The molecule has 0 amide bonds. The van der Waals surface area contributed by atoms with Crippen LogP contribution in [-0.2, 0) is 4.79 Å². The van der Waals surface area contributed by atoms with E-state index in [9.17, 15) is 4.79 Å². The Labute approximate surface area is 64.5 Å². The lowest BCUT2D eigenvalue weighted by Gasteiger charge is -2.10. The van der Waals surface area contributed by atoms with Gasteiger partial charge in [-0.2, -0.15) is 0 Å². The van der Waals surface area contributed by atoms with E-state index in [0.717, 1.165) is 18.9 Å². The van der Waals surface area contributed by atoms with E-state index in [1.165, 1.54) is 6.20 Å². The molecule has 4 nitrogen and oxygen atoms in total. The summed E-state index contributed by atoms with van der Waals surface area (Å²) in [6, 6.07) is 0. The summed E-state index contributed by atoms with van der Waals surface area (Å²) in [5, 5.41) is 19.8. The predicted octanol–water partition coefficient (Wildman–Crippen LogP) is -0.301. The summed E-state index contributed by atoms with van der Waals surface area (Å²) in [5.41, 5.74) is -0.216. The lowest BCUT2D eigenvalue weighted by molar-refractivity contribution is -0.131. The molecule has 0 bridgehead atoms. The monoisotopic (exact) mass is 157 g/mol. The first-order valence-electron chi connectivity index (χ1n) is 3.47. The number of rotatable bonds is 4. The van der Waals surface area contributed by atoms with Crippen molar-refractivity contribution in [2.24, 2.45) is 0 Å². The summed E-state index contributed by atoms with van der Waals surface area (Å²) in [5.74, 6) is -0.980. The minimum Gasteiger partial charge on any atom is -0.478 e. The van der Waals surface area contributed by atoms with Crippen molar-refractivity contribution < 1.29 is 15.0 Å². The number of hydrogen-bond acceptors (Lipinski definition) is 3. The predicted molar refractivity (Wildman–Crippen MR) is 39.0 cm³/mol. The highest BCUT2D eigenvalue weighted by atomic mass is 16.4. The Morgan fingerprint density at radius 3 is 2.64 bits per heavy atom. The van der Waals surface area contributed by atoms with Crippen LogP contribution in [0.1, 0.15) is 12.8 Å². The first-order chi connectivity index (χ1) is 5.18. The van der Waals surface area contributed by atoms with Crippen LogP contribution in [0.3, 0.4) is 0 Å². The van der Waals surface area contributed by atoms with E-state index in [2.05, 4.69) is 5.32 Å². The average molecular weight is 157 g/mol. The van der Waals surface area contributed by atoms with Crippen LogP contribution in [-0.4, -0.2) is 28.3 Å². The van der Waals surface area contributed by atoms with E-state index < -0.39 is 5.97 Å². The Kier molecular flexibility index (Phi) is 2.14. The summed E-state index contributed by atoms with van der Waals surface area (Å²) in [7, 11) is 0. The third kappa shape index (κ3) is 2.23. The fourth-order valence-electron chi connectivity index (χ4n) is 0.789. The highest BCUT2D eigenvalue weighted by Crippen LogP contribution is 2.34. The molecule has 0 saturated heterocycles. The summed E-state index contributed by atoms with van der Waals surface area (Å²) < 4.78 is 0. The third-order valence-corrected chi connectivity index (χ3v) is 1.77. The number of aliphatic carboxylic acids is 1. The van der Waals surface area contributed by atoms with Crippen molar-refractivity contribution in [3.8, 4) is 0 Å². The normalized spacial score (nSPS) is 20.1. The van der Waals surface area contributed by atoms with E-state index in [4.69, 9.17) is 10.2 Å². The number of nitrogens with one attached hydrogen (secondary N) is 1. The van der Waals surface area contributed by atoms with E-state index in [1.54, 1.807) is 0 Å². The van der Waals surface area contributed by atoms with Gasteiger partial charge in [0.15, 0.2) is 0 Å². The molecule has 0 aromatic rings. The molecule has 0 unspecified atom stereocenters. The van der Waals surface area contributed by atoms with Gasteiger partial charge in [0.1, 0.15) is 0 Å². The molecule has 0 atom stereocenters. The van der Waals surface area contributed by atoms with Crippen LogP contribution in [0.25, 0.3) is 0 Å². The zero-order valence-electron chi connectivity index (χ0n) is 6.08. The van der Waals surface area contributed by atoms with Crippen LogP contribution >= 0.6 is 0 Å². The van der Waals surface area contributed by atoms with Gasteiger partial charge in [-0.25, -0.2) is 4.79 Å². The van der Waals surface area contributed by atoms with Crippen molar-refractivity contribution in [3.63, 3.8) is 0 Å². The van der Waals surface area contributed by atoms with Crippen LogP contribution in [0, 0.1) is 0 Å². The van der Waals surface area contributed by atoms with Gasteiger partial charge in [0.05, 0.1) is 12.1 Å². The van der Waals surface area contributed by atoms with Crippen molar-refractivity contribution in [3.05, 3.63) is 12.3 Å². The summed E-state index contributed by atoms with van der Waals surface area (Å²) >= 11 is 0. The maximum atomic E-state index is 10.0. The molecule has 62 valence electrons.